The van der Waals surface area contributed by atoms with E-state index in [0.717, 1.165) is 0 Å². The van der Waals surface area contributed by atoms with Crippen LogP contribution in [0.3, 0.4) is 0 Å². The van der Waals surface area contributed by atoms with Gasteiger partial charge in [-0.3, -0.25) is 0 Å². The highest BCUT2D eigenvalue weighted by molar-refractivity contribution is 5.76. The molecule has 0 aromatic carbocycles. The molecule has 3 nitrogen and oxygen atoms in total. The quantitative estimate of drug-likeness (QED) is 0.501. The SMILES string of the molecule is COC(=O)[C@@H]1C=C[C@H](C)[C@@H](C(C)C)O1. The zero-order valence-corrected chi connectivity index (χ0v) is 9.19. The van der Waals surface area contributed by atoms with Crippen LogP contribution in [-0.2, 0) is 14.3 Å². The lowest BCUT2D eigenvalue weighted by molar-refractivity contribution is -0.158. The van der Waals surface area contributed by atoms with Gasteiger partial charge in [0, 0.05) is 5.92 Å². The van der Waals surface area contributed by atoms with Crippen molar-refractivity contribution in [1.82, 2.24) is 0 Å². The van der Waals surface area contributed by atoms with Gasteiger partial charge in [-0.2, -0.15) is 0 Å². The molecule has 3 atom stereocenters. The second-order valence-corrected chi connectivity index (χ2v) is 4.03. The highest BCUT2D eigenvalue weighted by Crippen LogP contribution is 2.24. The first-order valence-corrected chi connectivity index (χ1v) is 4.98. The van der Waals surface area contributed by atoms with Gasteiger partial charge in [0.15, 0.2) is 6.10 Å². The van der Waals surface area contributed by atoms with Crippen LogP contribution < -0.4 is 0 Å². The average molecular weight is 198 g/mol. The molecular weight excluding hydrogens is 180 g/mol. The van der Waals surface area contributed by atoms with Crippen LogP contribution in [-0.4, -0.2) is 25.3 Å². The summed E-state index contributed by atoms with van der Waals surface area (Å²) in [4.78, 5) is 11.2. The Kier molecular flexibility index (Phi) is 3.69. The molecule has 0 fully saturated rings. The summed E-state index contributed by atoms with van der Waals surface area (Å²) in [5.41, 5.74) is 0. The molecule has 0 spiro atoms. The third-order valence-corrected chi connectivity index (χ3v) is 2.50. The van der Waals surface area contributed by atoms with E-state index in [2.05, 4.69) is 25.5 Å². The molecule has 0 aromatic rings. The Bertz CT molecular complexity index is 233. The van der Waals surface area contributed by atoms with E-state index in [1.807, 2.05) is 6.08 Å². The molecule has 80 valence electrons. The lowest BCUT2D eigenvalue weighted by atomic mass is 9.92. The Hall–Kier alpha value is -0.830. The molecule has 14 heavy (non-hydrogen) atoms. The van der Waals surface area contributed by atoms with Gasteiger partial charge in [0.25, 0.3) is 0 Å². The molecule has 0 N–H and O–H groups in total. The second-order valence-electron chi connectivity index (χ2n) is 4.03. The van der Waals surface area contributed by atoms with Crippen molar-refractivity contribution in [2.75, 3.05) is 7.11 Å². The Morgan fingerprint density at radius 3 is 2.57 bits per heavy atom. The predicted octanol–water partition coefficient (Wildman–Crippen LogP) is 1.78. The van der Waals surface area contributed by atoms with Crippen molar-refractivity contribution in [1.29, 1.82) is 0 Å². The molecule has 0 saturated heterocycles. The minimum atomic E-state index is -0.524. The van der Waals surface area contributed by atoms with Crippen molar-refractivity contribution in [2.24, 2.45) is 11.8 Å². The van der Waals surface area contributed by atoms with Crippen LogP contribution in [0.1, 0.15) is 20.8 Å². The Balaban J connectivity index is 2.69. The summed E-state index contributed by atoms with van der Waals surface area (Å²) in [5.74, 6) is 0.441. The molecule has 0 bridgehead atoms. The lowest BCUT2D eigenvalue weighted by Gasteiger charge is -2.31. The van der Waals surface area contributed by atoms with Crippen LogP contribution in [0.2, 0.25) is 0 Å². The third kappa shape index (κ3) is 2.35. The number of ether oxygens (including phenoxy) is 2. The maximum atomic E-state index is 11.2. The fourth-order valence-electron chi connectivity index (χ4n) is 1.74. The predicted molar refractivity (Wildman–Crippen MR) is 53.8 cm³/mol. The molecule has 0 aromatic heterocycles. The minimum Gasteiger partial charge on any atom is -0.467 e. The van der Waals surface area contributed by atoms with Crippen molar-refractivity contribution in [2.45, 2.75) is 33.0 Å². The molecule has 0 aliphatic carbocycles. The van der Waals surface area contributed by atoms with E-state index in [1.165, 1.54) is 7.11 Å². The summed E-state index contributed by atoms with van der Waals surface area (Å²) in [7, 11) is 1.38. The van der Waals surface area contributed by atoms with Crippen LogP contribution in [0.4, 0.5) is 0 Å². The third-order valence-electron chi connectivity index (χ3n) is 2.50. The second kappa shape index (κ2) is 4.60. The van der Waals surface area contributed by atoms with E-state index in [1.54, 1.807) is 6.08 Å². The van der Waals surface area contributed by atoms with Gasteiger partial charge in [0.2, 0.25) is 0 Å². The zero-order chi connectivity index (χ0) is 10.7. The first kappa shape index (κ1) is 11.2. The topological polar surface area (TPSA) is 35.5 Å². The maximum absolute atomic E-state index is 11.2. The average Bonchev–Trinajstić information content (AvgIpc) is 2.17. The molecular formula is C11H18O3. The number of carbonyl (C=O) groups is 1. The van der Waals surface area contributed by atoms with Crippen molar-refractivity contribution in [3.63, 3.8) is 0 Å². The van der Waals surface area contributed by atoms with E-state index in [0.29, 0.717) is 11.8 Å². The van der Waals surface area contributed by atoms with Crippen molar-refractivity contribution >= 4 is 5.97 Å². The number of carbonyl (C=O) groups excluding carboxylic acids is 1. The summed E-state index contributed by atoms with van der Waals surface area (Å²) < 4.78 is 10.3. The fourth-order valence-corrected chi connectivity index (χ4v) is 1.74. The molecule has 1 aliphatic rings. The normalized spacial score (nSPS) is 31.9. The van der Waals surface area contributed by atoms with Crippen LogP contribution in [0, 0.1) is 11.8 Å². The Morgan fingerprint density at radius 1 is 1.43 bits per heavy atom. The number of hydrogen-bond donors (Lipinski definition) is 0. The first-order valence-electron chi connectivity index (χ1n) is 4.98. The molecule has 0 saturated carbocycles. The summed E-state index contributed by atoms with van der Waals surface area (Å²) >= 11 is 0. The van der Waals surface area contributed by atoms with Crippen molar-refractivity contribution < 1.29 is 14.3 Å². The summed E-state index contributed by atoms with van der Waals surface area (Å²) in [6, 6.07) is 0. The van der Waals surface area contributed by atoms with Crippen LogP contribution in [0.15, 0.2) is 12.2 Å². The molecule has 3 heteroatoms. The highest BCUT2D eigenvalue weighted by atomic mass is 16.6. The summed E-state index contributed by atoms with van der Waals surface area (Å²) in [5, 5.41) is 0. The molecule has 1 rings (SSSR count). The largest absolute Gasteiger partial charge is 0.467 e. The summed E-state index contributed by atoms with van der Waals surface area (Å²) in [6.45, 7) is 6.28. The van der Waals surface area contributed by atoms with E-state index in [-0.39, 0.29) is 12.1 Å². The van der Waals surface area contributed by atoms with Gasteiger partial charge < -0.3 is 9.47 Å². The summed E-state index contributed by atoms with van der Waals surface area (Å²) in [6.07, 6.45) is 3.37. The smallest absolute Gasteiger partial charge is 0.339 e. The molecule has 1 heterocycles. The number of rotatable bonds is 2. The van der Waals surface area contributed by atoms with Crippen LogP contribution in [0.25, 0.3) is 0 Å². The van der Waals surface area contributed by atoms with Gasteiger partial charge >= 0.3 is 5.97 Å². The van der Waals surface area contributed by atoms with Gasteiger partial charge in [0.05, 0.1) is 13.2 Å². The van der Waals surface area contributed by atoms with Crippen molar-refractivity contribution in [3.8, 4) is 0 Å². The van der Waals surface area contributed by atoms with Gasteiger partial charge in [-0.15, -0.1) is 0 Å². The van der Waals surface area contributed by atoms with Crippen LogP contribution >= 0.6 is 0 Å². The maximum Gasteiger partial charge on any atom is 0.339 e. The Morgan fingerprint density at radius 2 is 2.07 bits per heavy atom. The van der Waals surface area contributed by atoms with E-state index >= 15 is 0 Å². The first-order chi connectivity index (χ1) is 6.56. The fraction of sp³-hybridized carbons (Fsp3) is 0.727. The van der Waals surface area contributed by atoms with Gasteiger partial charge in [-0.1, -0.05) is 26.8 Å². The monoisotopic (exact) mass is 198 g/mol. The van der Waals surface area contributed by atoms with Gasteiger partial charge in [-0.05, 0) is 12.0 Å². The molecule has 0 unspecified atom stereocenters. The van der Waals surface area contributed by atoms with Crippen molar-refractivity contribution in [3.05, 3.63) is 12.2 Å². The lowest BCUT2D eigenvalue weighted by Crippen LogP contribution is -2.38. The van der Waals surface area contributed by atoms with Crippen LogP contribution in [0.5, 0.6) is 0 Å². The van der Waals surface area contributed by atoms with Gasteiger partial charge in [-0.25, -0.2) is 4.79 Å². The Labute approximate surface area is 85.1 Å². The number of esters is 1. The van der Waals surface area contributed by atoms with Gasteiger partial charge in [0.1, 0.15) is 0 Å². The molecule has 0 radical (unpaired) electrons. The minimum absolute atomic E-state index is 0.101. The number of methoxy groups -OCH3 is 1. The highest BCUT2D eigenvalue weighted by Gasteiger charge is 2.30. The van der Waals surface area contributed by atoms with E-state index in [9.17, 15) is 4.79 Å². The van der Waals surface area contributed by atoms with E-state index < -0.39 is 6.10 Å². The molecule has 0 amide bonds. The van der Waals surface area contributed by atoms with E-state index in [4.69, 9.17) is 4.74 Å². The standard InChI is InChI=1S/C11H18O3/c1-7(2)10-8(3)5-6-9(14-10)11(12)13-4/h5-10H,1-4H3/t8-,9-,10+/m0/s1. The number of hydrogen-bond acceptors (Lipinski definition) is 3. The molecule has 1 aliphatic heterocycles. The zero-order valence-electron chi connectivity index (χ0n) is 9.19.